The Balaban J connectivity index is 1.63. The number of benzene rings is 1. The predicted octanol–water partition coefficient (Wildman–Crippen LogP) is 3.03. The minimum Gasteiger partial charge on any atom is -0.508 e. The molecule has 0 fully saturated rings. The summed E-state index contributed by atoms with van der Waals surface area (Å²) in [5, 5.41) is 12.5. The van der Waals surface area contributed by atoms with Crippen LogP contribution < -0.4 is 10.9 Å². The number of aromatic amines is 1. The minimum atomic E-state index is -0.264. The Morgan fingerprint density at radius 1 is 1.29 bits per heavy atom. The fourth-order valence-electron chi connectivity index (χ4n) is 3.31. The highest BCUT2D eigenvalue weighted by Gasteiger charge is 2.21. The summed E-state index contributed by atoms with van der Waals surface area (Å²) in [6.07, 6.45) is 0.832. The molecule has 0 spiro atoms. The zero-order chi connectivity index (χ0) is 20.3. The molecule has 3 rings (SSSR count). The molecule has 3 N–H and O–H groups in total. The number of hydrogen-bond acceptors (Lipinski definition) is 4. The lowest BCUT2D eigenvalue weighted by atomic mass is 10.0. The van der Waals surface area contributed by atoms with Gasteiger partial charge < -0.3 is 20.0 Å². The number of carbonyl (C=O) groups excluding carboxylic acids is 1. The number of aryl methyl sites for hydroxylation is 1. The first-order chi connectivity index (χ1) is 13.3. The Labute approximate surface area is 163 Å². The van der Waals surface area contributed by atoms with Gasteiger partial charge in [0.25, 0.3) is 5.56 Å². The van der Waals surface area contributed by atoms with Crippen LogP contribution in [0.4, 0.5) is 0 Å². The monoisotopic (exact) mass is 382 g/mol. The Bertz CT molecular complexity index is 1000. The van der Waals surface area contributed by atoms with E-state index < -0.39 is 0 Å². The van der Waals surface area contributed by atoms with Gasteiger partial charge in [-0.25, -0.2) is 4.98 Å². The lowest BCUT2D eigenvalue weighted by Gasteiger charge is -2.20. The fraction of sp³-hybridized carbons (Fsp3) is 0.381. The van der Waals surface area contributed by atoms with Crippen molar-refractivity contribution in [1.29, 1.82) is 0 Å². The highest BCUT2D eigenvalue weighted by Crippen LogP contribution is 2.22. The summed E-state index contributed by atoms with van der Waals surface area (Å²) in [5.74, 6) is 0.798. The van der Waals surface area contributed by atoms with Gasteiger partial charge in [0.1, 0.15) is 11.6 Å². The van der Waals surface area contributed by atoms with Crippen LogP contribution in [-0.2, 0) is 11.3 Å². The van der Waals surface area contributed by atoms with Crippen LogP contribution in [0.3, 0.4) is 0 Å². The summed E-state index contributed by atoms with van der Waals surface area (Å²) in [6.45, 7) is 6.27. The van der Waals surface area contributed by atoms with Crippen molar-refractivity contribution in [3.8, 4) is 5.75 Å². The van der Waals surface area contributed by atoms with E-state index in [1.807, 2.05) is 38.1 Å². The van der Waals surface area contributed by atoms with Crippen molar-refractivity contribution in [2.45, 2.75) is 46.2 Å². The van der Waals surface area contributed by atoms with E-state index >= 15 is 0 Å². The van der Waals surface area contributed by atoms with Crippen LogP contribution in [0.15, 0.2) is 41.2 Å². The predicted molar refractivity (Wildman–Crippen MR) is 108 cm³/mol. The summed E-state index contributed by atoms with van der Waals surface area (Å²) in [7, 11) is 0. The molecule has 0 saturated heterocycles. The molecule has 0 saturated carbocycles. The van der Waals surface area contributed by atoms with Gasteiger partial charge in [-0.05, 0) is 37.5 Å². The number of fused-ring (bicyclic) bond motifs is 1. The van der Waals surface area contributed by atoms with Gasteiger partial charge in [-0.3, -0.25) is 9.59 Å². The fourth-order valence-corrected chi connectivity index (χ4v) is 3.31. The van der Waals surface area contributed by atoms with Crippen molar-refractivity contribution in [3.05, 3.63) is 58.3 Å². The van der Waals surface area contributed by atoms with Crippen molar-refractivity contribution < 1.29 is 9.90 Å². The quantitative estimate of drug-likeness (QED) is 0.585. The molecule has 0 bridgehead atoms. The number of hydrogen-bond donors (Lipinski definition) is 3. The smallest absolute Gasteiger partial charge is 0.254 e. The van der Waals surface area contributed by atoms with Crippen LogP contribution in [0.2, 0.25) is 0 Å². The van der Waals surface area contributed by atoms with E-state index in [0.717, 1.165) is 16.9 Å². The van der Waals surface area contributed by atoms with E-state index in [2.05, 4.69) is 15.3 Å². The summed E-state index contributed by atoms with van der Waals surface area (Å²) in [4.78, 5) is 32.3. The first kappa shape index (κ1) is 19.7. The number of aromatic hydroxyl groups is 1. The minimum absolute atomic E-state index is 0.0397. The normalized spacial score (nSPS) is 12.4. The second-order valence-electron chi connectivity index (χ2n) is 7.38. The molecule has 0 radical (unpaired) electrons. The summed E-state index contributed by atoms with van der Waals surface area (Å²) in [5.41, 5.74) is 2.23. The lowest BCUT2D eigenvalue weighted by molar-refractivity contribution is -0.122. The zero-order valence-corrected chi connectivity index (χ0v) is 16.4. The van der Waals surface area contributed by atoms with Crippen molar-refractivity contribution in [3.63, 3.8) is 0 Å². The Kier molecular flexibility index (Phi) is 5.82. The zero-order valence-electron chi connectivity index (χ0n) is 16.4. The van der Waals surface area contributed by atoms with Gasteiger partial charge in [-0.15, -0.1) is 0 Å². The van der Waals surface area contributed by atoms with E-state index in [0.29, 0.717) is 25.1 Å². The van der Waals surface area contributed by atoms with Gasteiger partial charge in [0.2, 0.25) is 5.91 Å². The Morgan fingerprint density at radius 3 is 2.71 bits per heavy atom. The SMILES string of the molecule is Cc1cc(O)cc(=O)n1CCCC(=O)N[C@H](c1nc2ccccc2[nH]1)C(C)C. The molecule has 1 atom stereocenters. The van der Waals surface area contributed by atoms with Gasteiger partial charge in [-0.1, -0.05) is 26.0 Å². The second kappa shape index (κ2) is 8.29. The third kappa shape index (κ3) is 4.42. The van der Waals surface area contributed by atoms with E-state index in [4.69, 9.17) is 0 Å². The molecule has 0 aliphatic heterocycles. The van der Waals surface area contributed by atoms with Crippen LogP contribution in [0, 0.1) is 12.8 Å². The molecule has 7 nitrogen and oxygen atoms in total. The molecule has 1 aromatic carbocycles. The largest absolute Gasteiger partial charge is 0.508 e. The van der Waals surface area contributed by atoms with Crippen molar-refractivity contribution >= 4 is 16.9 Å². The standard InChI is InChI=1S/C21H26N4O3/c1-13(2)20(21-22-16-7-4-5-8-17(16)23-21)24-18(27)9-6-10-25-14(3)11-15(26)12-19(25)28/h4-5,7-8,11-13,20,26H,6,9-10H2,1-3H3,(H,22,23)(H,24,27)/t20-/m0/s1. The number of nitrogens with one attached hydrogen (secondary N) is 2. The molecular formula is C21H26N4O3. The average molecular weight is 382 g/mol. The third-order valence-electron chi connectivity index (χ3n) is 4.79. The van der Waals surface area contributed by atoms with Crippen LogP contribution in [0.25, 0.3) is 11.0 Å². The Hall–Kier alpha value is -3.09. The van der Waals surface area contributed by atoms with E-state index in [9.17, 15) is 14.7 Å². The number of H-pyrrole nitrogens is 1. The van der Waals surface area contributed by atoms with Crippen molar-refractivity contribution in [2.24, 2.45) is 5.92 Å². The van der Waals surface area contributed by atoms with Crippen LogP contribution in [-0.4, -0.2) is 25.5 Å². The number of carbonyl (C=O) groups is 1. The van der Waals surface area contributed by atoms with Gasteiger partial charge in [-0.2, -0.15) is 0 Å². The summed E-state index contributed by atoms with van der Waals surface area (Å²) in [6, 6.07) is 10.3. The van der Waals surface area contributed by atoms with Crippen LogP contribution >= 0.6 is 0 Å². The maximum absolute atomic E-state index is 12.5. The number of para-hydroxylation sites is 2. The van der Waals surface area contributed by atoms with E-state index in [-0.39, 0.29) is 29.2 Å². The molecule has 0 aliphatic rings. The van der Waals surface area contributed by atoms with Crippen molar-refractivity contribution in [2.75, 3.05) is 0 Å². The van der Waals surface area contributed by atoms with Gasteiger partial charge in [0, 0.05) is 24.7 Å². The molecule has 148 valence electrons. The molecule has 2 heterocycles. The molecule has 3 aromatic rings. The van der Waals surface area contributed by atoms with Crippen LogP contribution in [0.5, 0.6) is 5.75 Å². The van der Waals surface area contributed by atoms with Gasteiger partial charge in [0.05, 0.1) is 17.1 Å². The van der Waals surface area contributed by atoms with Crippen LogP contribution in [0.1, 0.15) is 44.2 Å². The molecule has 2 aromatic heterocycles. The summed E-state index contributed by atoms with van der Waals surface area (Å²) < 4.78 is 1.56. The third-order valence-corrected chi connectivity index (χ3v) is 4.79. The molecule has 7 heteroatoms. The number of amides is 1. The van der Waals surface area contributed by atoms with E-state index in [1.54, 1.807) is 11.5 Å². The topological polar surface area (TPSA) is 100 Å². The number of rotatable bonds is 7. The number of aromatic nitrogens is 3. The number of imidazole rings is 1. The van der Waals surface area contributed by atoms with E-state index in [1.165, 1.54) is 12.1 Å². The Morgan fingerprint density at radius 2 is 2.04 bits per heavy atom. The first-order valence-electron chi connectivity index (χ1n) is 9.49. The molecule has 0 aliphatic carbocycles. The number of nitrogens with zero attached hydrogens (tertiary/aromatic N) is 2. The van der Waals surface area contributed by atoms with Gasteiger partial charge >= 0.3 is 0 Å². The first-order valence-corrected chi connectivity index (χ1v) is 9.49. The molecule has 0 unspecified atom stereocenters. The average Bonchev–Trinajstić information content (AvgIpc) is 3.05. The molecule has 28 heavy (non-hydrogen) atoms. The summed E-state index contributed by atoms with van der Waals surface area (Å²) >= 11 is 0. The maximum Gasteiger partial charge on any atom is 0.254 e. The lowest BCUT2D eigenvalue weighted by Crippen LogP contribution is -2.32. The number of pyridine rings is 1. The molecule has 1 amide bonds. The maximum atomic E-state index is 12.5. The second-order valence-corrected chi connectivity index (χ2v) is 7.38. The van der Waals surface area contributed by atoms with Gasteiger partial charge in [0.15, 0.2) is 0 Å². The highest BCUT2D eigenvalue weighted by atomic mass is 16.3. The highest BCUT2D eigenvalue weighted by molar-refractivity contribution is 5.77. The molecular weight excluding hydrogens is 356 g/mol. The van der Waals surface area contributed by atoms with Crippen molar-refractivity contribution in [1.82, 2.24) is 19.9 Å².